The zero-order chi connectivity index (χ0) is 10.0. The first kappa shape index (κ1) is 10.1. The Hall–Kier alpha value is -0.940. The van der Waals surface area contributed by atoms with Crippen molar-refractivity contribution in [2.24, 2.45) is 0 Å². The number of nitrogens with zero attached hydrogens (tertiary/aromatic N) is 1. The van der Waals surface area contributed by atoms with Gasteiger partial charge in [0.25, 0.3) is 5.69 Å². The summed E-state index contributed by atoms with van der Waals surface area (Å²) in [5.41, 5.74) is 1.43. The van der Waals surface area contributed by atoms with Gasteiger partial charge < -0.3 is 5.11 Å². The van der Waals surface area contributed by atoms with Gasteiger partial charge in [0.15, 0.2) is 0 Å². The van der Waals surface area contributed by atoms with Gasteiger partial charge in [-0.25, -0.2) is 0 Å². The first-order chi connectivity index (χ1) is 6.06. The number of halogens is 1. The molecule has 0 saturated heterocycles. The molecule has 0 atom stereocenters. The largest absolute Gasteiger partial charge is 0.392 e. The van der Waals surface area contributed by atoms with E-state index in [1.54, 1.807) is 13.0 Å². The summed E-state index contributed by atoms with van der Waals surface area (Å²) in [7, 11) is 0. The van der Waals surface area contributed by atoms with Crippen molar-refractivity contribution in [3.05, 3.63) is 37.8 Å². The summed E-state index contributed by atoms with van der Waals surface area (Å²) < 4.78 is 0.396. The molecule has 0 aliphatic carbocycles. The topological polar surface area (TPSA) is 63.4 Å². The SMILES string of the molecule is Cc1cc([N+](=O)[O-])c(Br)cc1CO. The van der Waals surface area contributed by atoms with Gasteiger partial charge in [-0.3, -0.25) is 10.1 Å². The molecule has 0 aliphatic rings. The van der Waals surface area contributed by atoms with Gasteiger partial charge >= 0.3 is 0 Å². The summed E-state index contributed by atoms with van der Waals surface area (Å²) in [4.78, 5) is 10.0. The number of hydrogen-bond acceptors (Lipinski definition) is 3. The maximum absolute atomic E-state index is 10.5. The van der Waals surface area contributed by atoms with Gasteiger partial charge in [0.1, 0.15) is 0 Å². The van der Waals surface area contributed by atoms with Gasteiger partial charge in [-0.2, -0.15) is 0 Å². The fourth-order valence-electron chi connectivity index (χ4n) is 1.02. The molecule has 4 nitrogen and oxygen atoms in total. The van der Waals surface area contributed by atoms with E-state index in [9.17, 15) is 10.1 Å². The van der Waals surface area contributed by atoms with Crippen LogP contribution >= 0.6 is 15.9 Å². The number of aliphatic hydroxyl groups is 1. The van der Waals surface area contributed by atoms with Crippen LogP contribution in [0.1, 0.15) is 11.1 Å². The highest BCUT2D eigenvalue weighted by Crippen LogP contribution is 2.28. The summed E-state index contributed by atoms with van der Waals surface area (Å²) in [6, 6.07) is 3.00. The molecule has 1 N–H and O–H groups in total. The second-order valence-corrected chi connectivity index (χ2v) is 3.50. The molecular formula is C8H8BrNO3. The maximum atomic E-state index is 10.5. The standard InChI is InChI=1S/C8H8BrNO3/c1-5-2-8(10(12)13)7(9)3-6(5)4-11/h2-3,11H,4H2,1H3. The summed E-state index contributed by atoms with van der Waals surface area (Å²) in [5, 5.41) is 19.4. The van der Waals surface area contributed by atoms with E-state index in [1.165, 1.54) is 6.07 Å². The lowest BCUT2D eigenvalue weighted by atomic mass is 10.1. The van der Waals surface area contributed by atoms with Crippen molar-refractivity contribution in [2.45, 2.75) is 13.5 Å². The second kappa shape index (κ2) is 3.85. The molecule has 13 heavy (non-hydrogen) atoms. The molecule has 0 aromatic heterocycles. The summed E-state index contributed by atoms with van der Waals surface area (Å²) in [6.07, 6.45) is 0. The average Bonchev–Trinajstić information content (AvgIpc) is 2.07. The quantitative estimate of drug-likeness (QED) is 0.642. The Bertz CT molecular complexity index is 351. The number of aliphatic hydroxyl groups excluding tert-OH is 1. The third-order valence-corrected chi connectivity index (χ3v) is 2.41. The van der Waals surface area contributed by atoms with Crippen LogP contribution in [0.2, 0.25) is 0 Å². The Morgan fingerprint density at radius 3 is 2.69 bits per heavy atom. The molecule has 0 unspecified atom stereocenters. The fraction of sp³-hybridized carbons (Fsp3) is 0.250. The van der Waals surface area contributed by atoms with E-state index in [0.717, 1.165) is 5.56 Å². The van der Waals surface area contributed by atoms with Gasteiger partial charge in [-0.05, 0) is 40.0 Å². The fourth-order valence-corrected chi connectivity index (χ4v) is 1.55. The van der Waals surface area contributed by atoms with Crippen LogP contribution in [0.4, 0.5) is 5.69 Å². The van der Waals surface area contributed by atoms with Crippen molar-refractivity contribution in [1.29, 1.82) is 0 Å². The molecule has 0 heterocycles. The highest BCUT2D eigenvalue weighted by atomic mass is 79.9. The number of aryl methyl sites for hydroxylation is 1. The zero-order valence-corrected chi connectivity index (χ0v) is 8.54. The molecule has 5 heteroatoms. The van der Waals surface area contributed by atoms with Gasteiger partial charge in [0, 0.05) is 6.07 Å². The minimum absolute atomic E-state index is 0.0229. The molecule has 1 aromatic carbocycles. The lowest BCUT2D eigenvalue weighted by Crippen LogP contribution is -1.94. The van der Waals surface area contributed by atoms with Crippen LogP contribution in [0.15, 0.2) is 16.6 Å². The zero-order valence-electron chi connectivity index (χ0n) is 6.95. The summed E-state index contributed by atoms with van der Waals surface area (Å²) >= 11 is 3.07. The second-order valence-electron chi connectivity index (χ2n) is 2.65. The van der Waals surface area contributed by atoms with Crippen LogP contribution in [-0.4, -0.2) is 10.0 Å². The van der Waals surface area contributed by atoms with Gasteiger partial charge in [0.05, 0.1) is 16.0 Å². The Morgan fingerprint density at radius 2 is 2.23 bits per heavy atom. The molecule has 70 valence electrons. The highest BCUT2D eigenvalue weighted by Gasteiger charge is 2.13. The Labute approximate surface area is 83.5 Å². The predicted octanol–water partition coefficient (Wildman–Crippen LogP) is 2.16. The van der Waals surface area contributed by atoms with Crippen LogP contribution in [0.25, 0.3) is 0 Å². The van der Waals surface area contributed by atoms with E-state index in [0.29, 0.717) is 10.0 Å². The molecule has 0 spiro atoms. The van der Waals surface area contributed by atoms with Gasteiger partial charge in [-0.15, -0.1) is 0 Å². The predicted molar refractivity (Wildman–Crippen MR) is 51.5 cm³/mol. The van der Waals surface area contributed by atoms with E-state index in [-0.39, 0.29) is 12.3 Å². The van der Waals surface area contributed by atoms with Crippen LogP contribution in [-0.2, 0) is 6.61 Å². The van der Waals surface area contributed by atoms with E-state index in [1.807, 2.05) is 0 Å². The van der Waals surface area contributed by atoms with E-state index >= 15 is 0 Å². The monoisotopic (exact) mass is 245 g/mol. The third-order valence-electron chi connectivity index (χ3n) is 1.77. The van der Waals surface area contributed by atoms with E-state index in [2.05, 4.69) is 15.9 Å². The van der Waals surface area contributed by atoms with Crippen molar-refractivity contribution >= 4 is 21.6 Å². The molecule has 0 radical (unpaired) electrons. The molecule has 0 amide bonds. The van der Waals surface area contributed by atoms with Crippen molar-refractivity contribution in [1.82, 2.24) is 0 Å². The van der Waals surface area contributed by atoms with Crippen LogP contribution < -0.4 is 0 Å². The normalized spacial score (nSPS) is 10.1. The van der Waals surface area contributed by atoms with Crippen molar-refractivity contribution in [3.63, 3.8) is 0 Å². The minimum Gasteiger partial charge on any atom is -0.392 e. The number of rotatable bonds is 2. The van der Waals surface area contributed by atoms with Crippen LogP contribution in [0.3, 0.4) is 0 Å². The van der Waals surface area contributed by atoms with E-state index in [4.69, 9.17) is 5.11 Å². The first-order valence-electron chi connectivity index (χ1n) is 3.60. The van der Waals surface area contributed by atoms with Crippen LogP contribution in [0.5, 0.6) is 0 Å². The lowest BCUT2D eigenvalue weighted by molar-refractivity contribution is -0.385. The van der Waals surface area contributed by atoms with Gasteiger partial charge in [-0.1, -0.05) is 0 Å². The molecule has 1 aromatic rings. The first-order valence-corrected chi connectivity index (χ1v) is 4.40. The molecule has 0 saturated carbocycles. The molecule has 0 bridgehead atoms. The summed E-state index contributed by atoms with van der Waals surface area (Å²) in [6.45, 7) is 1.62. The molecule has 0 fully saturated rings. The Morgan fingerprint density at radius 1 is 1.62 bits per heavy atom. The number of hydrogen-bond donors (Lipinski definition) is 1. The Balaban J connectivity index is 3.28. The van der Waals surface area contributed by atoms with Gasteiger partial charge in [0.2, 0.25) is 0 Å². The molecule has 1 rings (SSSR count). The molecule has 0 aliphatic heterocycles. The Kier molecular flexibility index (Phi) is 3.00. The van der Waals surface area contributed by atoms with Crippen molar-refractivity contribution in [2.75, 3.05) is 0 Å². The number of nitro groups is 1. The third kappa shape index (κ3) is 2.05. The smallest absolute Gasteiger partial charge is 0.283 e. The highest BCUT2D eigenvalue weighted by molar-refractivity contribution is 9.10. The van der Waals surface area contributed by atoms with Crippen LogP contribution in [0, 0.1) is 17.0 Å². The summed E-state index contributed by atoms with van der Waals surface area (Å²) in [5.74, 6) is 0. The van der Waals surface area contributed by atoms with E-state index < -0.39 is 4.92 Å². The minimum atomic E-state index is -0.460. The average molecular weight is 246 g/mol. The number of benzene rings is 1. The maximum Gasteiger partial charge on any atom is 0.283 e. The molecular weight excluding hydrogens is 238 g/mol. The lowest BCUT2D eigenvalue weighted by Gasteiger charge is -2.03. The van der Waals surface area contributed by atoms with Crippen molar-refractivity contribution in [3.8, 4) is 0 Å². The number of nitro benzene ring substituents is 1. The van der Waals surface area contributed by atoms with Crippen molar-refractivity contribution < 1.29 is 10.0 Å².